The van der Waals surface area contributed by atoms with Gasteiger partial charge >= 0.3 is 5.97 Å². The van der Waals surface area contributed by atoms with Crippen LogP contribution in [-0.4, -0.2) is 62.4 Å². The molecule has 2 aromatic heterocycles. The Bertz CT molecular complexity index is 1640. The van der Waals surface area contributed by atoms with Gasteiger partial charge in [-0.2, -0.15) is 0 Å². The summed E-state index contributed by atoms with van der Waals surface area (Å²) in [6.07, 6.45) is 0. The number of imidazole rings is 1. The SMILES string of the molecule is CCOc1ccc(-n2c(SCC(O)=C(C(=O)OC)c3nc4ccccc4[nH]3)nnc2-c2cccc(OC)c2)cc1. The van der Waals surface area contributed by atoms with Crippen LogP contribution >= 0.6 is 11.8 Å². The number of hydrogen-bond donors (Lipinski definition) is 2. The van der Waals surface area contributed by atoms with Crippen molar-refractivity contribution < 1.29 is 24.1 Å². The molecule has 0 saturated heterocycles. The second kappa shape index (κ2) is 12.0. The van der Waals surface area contributed by atoms with Crippen molar-refractivity contribution in [3.8, 4) is 28.6 Å². The Morgan fingerprint density at radius 2 is 1.80 bits per heavy atom. The highest BCUT2D eigenvalue weighted by Crippen LogP contribution is 2.32. The molecule has 5 aromatic rings. The van der Waals surface area contributed by atoms with Gasteiger partial charge in [0.1, 0.15) is 28.7 Å². The van der Waals surface area contributed by atoms with E-state index in [1.807, 2.05) is 84.3 Å². The molecular weight excluding hydrogens is 530 g/mol. The van der Waals surface area contributed by atoms with Crippen molar-refractivity contribution in [2.45, 2.75) is 12.1 Å². The van der Waals surface area contributed by atoms with E-state index < -0.39 is 5.97 Å². The Hall–Kier alpha value is -4.77. The average molecular weight is 558 g/mol. The van der Waals surface area contributed by atoms with E-state index in [1.165, 1.54) is 18.9 Å². The molecular formula is C29H27N5O5S. The molecule has 0 aliphatic rings. The lowest BCUT2D eigenvalue weighted by atomic mass is 10.2. The number of esters is 1. The van der Waals surface area contributed by atoms with Gasteiger partial charge in [0.15, 0.2) is 11.0 Å². The lowest BCUT2D eigenvalue weighted by Gasteiger charge is -2.12. The van der Waals surface area contributed by atoms with Gasteiger partial charge in [0.25, 0.3) is 0 Å². The van der Waals surface area contributed by atoms with Gasteiger partial charge in [0, 0.05) is 11.3 Å². The third-order valence-corrected chi connectivity index (χ3v) is 6.95. The van der Waals surface area contributed by atoms with Crippen LogP contribution < -0.4 is 9.47 Å². The van der Waals surface area contributed by atoms with E-state index in [0.29, 0.717) is 28.9 Å². The number of nitrogens with one attached hydrogen (secondary N) is 1. The Labute approximate surface area is 234 Å². The number of aromatic amines is 1. The number of carbonyl (C=O) groups is 1. The fraction of sp³-hybridized carbons (Fsp3) is 0.172. The summed E-state index contributed by atoms with van der Waals surface area (Å²) < 4.78 is 17.8. The fourth-order valence-electron chi connectivity index (χ4n) is 4.13. The van der Waals surface area contributed by atoms with Gasteiger partial charge in [0.05, 0.1) is 37.6 Å². The summed E-state index contributed by atoms with van der Waals surface area (Å²) in [6.45, 7) is 2.48. The van der Waals surface area contributed by atoms with E-state index >= 15 is 0 Å². The third kappa shape index (κ3) is 5.50. The number of para-hydroxylation sites is 2. The molecule has 2 heterocycles. The van der Waals surface area contributed by atoms with Gasteiger partial charge in [-0.15, -0.1) is 10.2 Å². The highest BCUT2D eigenvalue weighted by atomic mass is 32.2. The minimum Gasteiger partial charge on any atom is -0.510 e. The number of benzene rings is 3. The van der Waals surface area contributed by atoms with Crippen molar-refractivity contribution in [3.05, 3.63) is 84.4 Å². The second-order valence-electron chi connectivity index (χ2n) is 8.50. The van der Waals surface area contributed by atoms with Crippen LogP contribution in [-0.2, 0) is 9.53 Å². The van der Waals surface area contributed by atoms with Crippen molar-refractivity contribution >= 4 is 34.3 Å². The number of hydrogen-bond acceptors (Lipinski definition) is 9. The Balaban J connectivity index is 1.53. The maximum atomic E-state index is 12.7. The lowest BCUT2D eigenvalue weighted by Crippen LogP contribution is -2.10. The highest BCUT2D eigenvalue weighted by molar-refractivity contribution is 7.99. The summed E-state index contributed by atoms with van der Waals surface area (Å²) in [5.41, 5.74) is 2.94. The van der Waals surface area contributed by atoms with Gasteiger partial charge < -0.3 is 24.3 Å². The first-order valence-electron chi connectivity index (χ1n) is 12.4. The lowest BCUT2D eigenvalue weighted by molar-refractivity contribution is -0.133. The zero-order chi connectivity index (χ0) is 28.1. The van der Waals surface area contributed by atoms with Crippen molar-refractivity contribution in [1.29, 1.82) is 0 Å². The van der Waals surface area contributed by atoms with Gasteiger partial charge in [-0.3, -0.25) is 4.57 Å². The van der Waals surface area contributed by atoms with Crippen LogP contribution in [0.1, 0.15) is 12.7 Å². The van der Waals surface area contributed by atoms with E-state index in [1.54, 1.807) is 7.11 Å². The quantitative estimate of drug-likeness (QED) is 0.0998. The third-order valence-electron chi connectivity index (χ3n) is 6.01. The van der Waals surface area contributed by atoms with Crippen LogP contribution in [0.5, 0.6) is 11.5 Å². The van der Waals surface area contributed by atoms with Crippen LogP contribution in [0.2, 0.25) is 0 Å². The topological polar surface area (TPSA) is 124 Å². The molecule has 3 aromatic carbocycles. The predicted octanol–water partition coefficient (Wildman–Crippen LogP) is 5.45. The molecule has 40 heavy (non-hydrogen) atoms. The molecule has 204 valence electrons. The summed E-state index contributed by atoms with van der Waals surface area (Å²) in [6, 6.07) is 22.4. The first-order chi connectivity index (χ1) is 19.5. The van der Waals surface area contributed by atoms with Gasteiger partial charge in [-0.1, -0.05) is 36.0 Å². The van der Waals surface area contributed by atoms with Gasteiger partial charge in [-0.05, 0) is 55.5 Å². The predicted molar refractivity (Wildman–Crippen MR) is 153 cm³/mol. The zero-order valence-corrected chi connectivity index (χ0v) is 22.9. The monoisotopic (exact) mass is 557 g/mol. The first kappa shape index (κ1) is 26.8. The van der Waals surface area contributed by atoms with Crippen molar-refractivity contribution in [2.24, 2.45) is 0 Å². The second-order valence-corrected chi connectivity index (χ2v) is 9.45. The largest absolute Gasteiger partial charge is 0.510 e. The van der Waals surface area contributed by atoms with Gasteiger partial charge in [0.2, 0.25) is 0 Å². The molecule has 0 amide bonds. The van der Waals surface area contributed by atoms with Crippen LogP contribution in [0.4, 0.5) is 0 Å². The number of thioether (sulfide) groups is 1. The molecule has 0 saturated carbocycles. The van der Waals surface area contributed by atoms with E-state index in [2.05, 4.69) is 20.2 Å². The molecule has 11 heteroatoms. The number of ether oxygens (including phenoxy) is 3. The Morgan fingerprint density at radius 3 is 2.52 bits per heavy atom. The molecule has 0 radical (unpaired) electrons. The number of carbonyl (C=O) groups excluding carboxylic acids is 1. The maximum absolute atomic E-state index is 12.7. The number of aliphatic hydroxyl groups is 1. The van der Waals surface area contributed by atoms with E-state index in [-0.39, 0.29) is 22.9 Å². The summed E-state index contributed by atoms with van der Waals surface area (Å²) >= 11 is 1.22. The number of fused-ring (bicyclic) bond motifs is 1. The van der Waals surface area contributed by atoms with E-state index in [0.717, 1.165) is 22.5 Å². The number of aromatic nitrogens is 5. The normalized spacial score (nSPS) is 11.8. The molecule has 10 nitrogen and oxygen atoms in total. The van der Waals surface area contributed by atoms with Crippen LogP contribution in [0, 0.1) is 0 Å². The molecule has 0 fully saturated rings. The fourth-order valence-corrected chi connectivity index (χ4v) is 4.96. The minimum atomic E-state index is -0.706. The maximum Gasteiger partial charge on any atom is 0.345 e. The molecule has 0 bridgehead atoms. The number of H-pyrrole nitrogens is 1. The molecule has 0 atom stereocenters. The summed E-state index contributed by atoms with van der Waals surface area (Å²) in [5, 5.41) is 20.5. The van der Waals surface area contributed by atoms with Crippen molar-refractivity contribution in [1.82, 2.24) is 24.7 Å². The summed E-state index contributed by atoms with van der Waals surface area (Å²) in [7, 11) is 2.86. The van der Waals surface area contributed by atoms with Crippen LogP contribution in [0.15, 0.2) is 83.7 Å². The Kier molecular flexibility index (Phi) is 8.02. The highest BCUT2D eigenvalue weighted by Gasteiger charge is 2.24. The van der Waals surface area contributed by atoms with Crippen molar-refractivity contribution in [2.75, 3.05) is 26.6 Å². The van der Waals surface area contributed by atoms with Crippen molar-refractivity contribution in [3.63, 3.8) is 0 Å². The molecule has 2 N–H and O–H groups in total. The number of rotatable bonds is 10. The minimum absolute atomic E-state index is 0.00868. The molecule has 0 aliphatic heterocycles. The molecule has 0 aliphatic carbocycles. The zero-order valence-electron chi connectivity index (χ0n) is 22.1. The van der Waals surface area contributed by atoms with Crippen LogP contribution in [0.3, 0.4) is 0 Å². The van der Waals surface area contributed by atoms with E-state index in [4.69, 9.17) is 14.2 Å². The van der Waals surface area contributed by atoms with Crippen LogP contribution in [0.25, 0.3) is 33.7 Å². The number of methoxy groups -OCH3 is 2. The average Bonchev–Trinajstić information content (AvgIpc) is 3.61. The standard InChI is InChI=1S/C29H27N5O5S/c1-4-39-20-14-12-19(13-15-20)34-27(18-8-7-9-21(16-18)37-2)32-33-29(34)40-17-24(35)25(28(36)38-3)26-30-22-10-5-6-11-23(22)31-26/h5-16,35H,4,17H2,1-3H3,(H,30,31). The number of nitrogens with zero attached hydrogens (tertiary/aromatic N) is 4. The molecule has 5 rings (SSSR count). The van der Waals surface area contributed by atoms with E-state index in [9.17, 15) is 9.90 Å². The smallest absolute Gasteiger partial charge is 0.345 e. The first-order valence-corrected chi connectivity index (χ1v) is 13.4. The summed E-state index contributed by atoms with van der Waals surface area (Å²) in [4.78, 5) is 20.2. The molecule has 0 spiro atoms. The molecule has 0 unspecified atom stereocenters. The Morgan fingerprint density at radius 1 is 1.00 bits per heavy atom. The number of aliphatic hydroxyl groups excluding tert-OH is 1. The van der Waals surface area contributed by atoms with Gasteiger partial charge in [-0.25, -0.2) is 9.78 Å². The summed E-state index contributed by atoms with van der Waals surface area (Å²) in [5.74, 6) is 1.32.